The Hall–Kier alpha value is -4.66. The average Bonchev–Trinajstić information content (AvgIpc) is 3.22. The van der Waals surface area contributed by atoms with Crippen LogP contribution in [0.2, 0.25) is 0 Å². The number of benzene rings is 3. The van der Waals surface area contributed by atoms with Gasteiger partial charge in [0.1, 0.15) is 28.7 Å². The van der Waals surface area contributed by atoms with Gasteiger partial charge in [0, 0.05) is 23.8 Å². The molecule has 1 aliphatic rings. The second kappa shape index (κ2) is 10.5. The summed E-state index contributed by atoms with van der Waals surface area (Å²) >= 11 is 0. The van der Waals surface area contributed by atoms with Crippen molar-refractivity contribution in [1.29, 1.82) is 0 Å². The van der Waals surface area contributed by atoms with Crippen LogP contribution in [0.15, 0.2) is 48.2 Å². The number of fused-ring (bicyclic) bond motifs is 1. The Balaban J connectivity index is 1.64. The van der Waals surface area contributed by atoms with Crippen LogP contribution >= 0.6 is 0 Å². The molecule has 3 aromatic carbocycles. The second-order valence-electron chi connectivity index (χ2n) is 7.99. The number of carbonyl (C=O) groups is 2. The van der Waals surface area contributed by atoms with Gasteiger partial charge in [0.05, 0.1) is 46.7 Å². The molecule has 0 aromatic heterocycles. The molecule has 0 unspecified atom stereocenters. The molecule has 0 amide bonds. The monoisotopic (exact) mass is 506 g/mol. The van der Waals surface area contributed by atoms with Gasteiger partial charge in [-0.15, -0.1) is 0 Å². The molecule has 37 heavy (non-hydrogen) atoms. The fourth-order valence-corrected chi connectivity index (χ4v) is 3.93. The van der Waals surface area contributed by atoms with E-state index < -0.39 is 5.97 Å². The summed E-state index contributed by atoms with van der Waals surface area (Å²) in [5, 5.41) is 0. The van der Waals surface area contributed by atoms with Crippen molar-refractivity contribution in [2.75, 3.05) is 35.5 Å². The van der Waals surface area contributed by atoms with Crippen LogP contribution in [0.5, 0.6) is 40.2 Å². The first-order valence-electron chi connectivity index (χ1n) is 11.2. The molecule has 0 bridgehead atoms. The van der Waals surface area contributed by atoms with Crippen molar-refractivity contribution in [3.63, 3.8) is 0 Å². The van der Waals surface area contributed by atoms with Gasteiger partial charge in [0.15, 0.2) is 17.3 Å². The van der Waals surface area contributed by atoms with Gasteiger partial charge in [0.2, 0.25) is 5.78 Å². The topological polar surface area (TPSA) is 98.8 Å². The van der Waals surface area contributed by atoms with Crippen molar-refractivity contribution >= 4 is 17.8 Å². The molecule has 3 aromatic rings. The third kappa shape index (κ3) is 5.02. The Morgan fingerprint density at radius 3 is 1.95 bits per heavy atom. The third-order valence-electron chi connectivity index (χ3n) is 5.76. The average molecular weight is 507 g/mol. The van der Waals surface area contributed by atoms with Crippen LogP contribution in [0.25, 0.3) is 6.08 Å². The molecule has 9 nitrogen and oxygen atoms in total. The molecule has 0 saturated heterocycles. The standard InChI is InChI=1S/C28H26O9/c1-15-7-20(36-28(30)17-8-18(31-2)12-19(9-17)32-3)13-24-26(15)27(29)25(37-24)11-16-10-22(34-5)23(35-6)14-21(16)33-4/h7-14H,1-6H3/b25-11-. The lowest BCUT2D eigenvalue weighted by atomic mass is 10.0. The zero-order valence-corrected chi connectivity index (χ0v) is 21.3. The molecule has 0 saturated carbocycles. The van der Waals surface area contributed by atoms with E-state index in [-0.39, 0.29) is 28.6 Å². The number of methoxy groups -OCH3 is 5. The quantitative estimate of drug-likeness (QED) is 0.241. The van der Waals surface area contributed by atoms with E-state index in [1.54, 1.807) is 49.4 Å². The van der Waals surface area contributed by atoms with Crippen LogP contribution in [0.3, 0.4) is 0 Å². The van der Waals surface area contributed by atoms with Gasteiger partial charge < -0.3 is 33.2 Å². The summed E-state index contributed by atoms with van der Waals surface area (Å²) in [6.45, 7) is 1.74. The van der Waals surface area contributed by atoms with Crippen LogP contribution in [0, 0.1) is 6.92 Å². The maximum Gasteiger partial charge on any atom is 0.343 e. The van der Waals surface area contributed by atoms with E-state index in [2.05, 4.69) is 0 Å². The number of Topliss-reactive ketones (excluding diaryl/α,β-unsaturated/α-hetero) is 1. The lowest BCUT2D eigenvalue weighted by molar-refractivity contribution is 0.0733. The summed E-state index contributed by atoms with van der Waals surface area (Å²) in [5.74, 6) is 1.99. The molecule has 0 radical (unpaired) electrons. The summed E-state index contributed by atoms with van der Waals surface area (Å²) in [7, 11) is 7.53. The zero-order valence-electron chi connectivity index (χ0n) is 21.3. The van der Waals surface area contributed by atoms with E-state index in [4.69, 9.17) is 33.2 Å². The van der Waals surface area contributed by atoms with E-state index in [9.17, 15) is 9.59 Å². The molecular weight excluding hydrogens is 480 g/mol. The minimum atomic E-state index is -0.619. The minimum absolute atomic E-state index is 0.0876. The lowest BCUT2D eigenvalue weighted by Gasteiger charge is -2.12. The second-order valence-corrected chi connectivity index (χ2v) is 7.99. The fraction of sp³-hybridized carbons (Fsp3) is 0.214. The number of rotatable bonds is 8. The number of ether oxygens (including phenoxy) is 7. The number of carbonyl (C=O) groups excluding carboxylic acids is 2. The van der Waals surface area contributed by atoms with E-state index in [1.807, 2.05) is 0 Å². The summed E-state index contributed by atoms with van der Waals surface area (Å²) in [4.78, 5) is 26.0. The number of allylic oxidation sites excluding steroid dienone is 1. The van der Waals surface area contributed by atoms with E-state index >= 15 is 0 Å². The van der Waals surface area contributed by atoms with E-state index in [1.165, 1.54) is 41.6 Å². The predicted octanol–water partition coefficient (Wildman–Crippen LogP) is 4.87. The van der Waals surface area contributed by atoms with Crippen molar-refractivity contribution in [1.82, 2.24) is 0 Å². The van der Waals surface area contributed by atoms with Crippen LogP contribution in [-0.4, -0.2) is 47.3 Å². The summed E-state index contributed by atoms with van der Waals surface area (Å²) in [6.07, 6.45) is 1.57. The Morgan fingerprint density at radius 2 is 1.35 bits per heavy atom. The SMILES string of the molecule is COc1cc(OC)cc(C(=O)Oc2cc(C)c3c(c2)O/C(=C\c2cc(OC)c(OC)cc2OC)C3=O)c1. The van der Waals surface area contributed by atoms with Crippen LogP contribution in [-0.2, 0) is 0 Å². The van der Waals surface area contributed by atoms with Crippen molar-refractivity contribution in [3.05, 3.63) is 70.5 Å². The number of hydrogen-bond acceptors (Lipinski definition) is 9. The first-order valence-corrected chi connectivity index (χ1v) is 11.2. The van der Waals surface area contributed by atoms with Gasteiger partial charge in [-0.25, -0.2) is 4.79 Å². The van der Waals surface area contributed by atoms with Gasteiger partial charge in [-0.2, -0.15) is 0 Å². The van der Waals surface area contributed by atoms with Crippen LogP contribution in [0.1, 0.15) is 31.8 Å². The predicted molar refractivity (Wildman–Crippen MR) is 135 cm³/mol. The van der Waals surface area contributed by atoms with Crippen LogP contribution in [0.4, 0.5) is 0 Å². The van der Waals surface area contributed by atoms with E-state index in [0.717, 1.165) is 0 Å². The third-order valence-corrected chi connectivity index (χ3v) is 5.76. The van der Waals surface area contributed by atoms with Gasteiger partial charge in [-0.3, -0.25) is 4.79 Å². The Bertz CT molecular complexity index is 1380. The van der Waals surface area contributed by atoms with Crippen molar-refractivity contribution in [2.45, 2.75) is 6.92 Å². The van der Waals surface area contributed by atoms with E-state index in [0.29, 0.717) is 45.4 Å². The maximum absolute atomic E-state index is 13.2. The normalized spacial score (nSPS) is 13.0. The van der Waals surface area contributed by atoms with Crippen LogP contribution < -0.4 is 33.2 Å². The highest BCUT2D eigenvalue weighted by atomic mass is 16.5. The highest BCUT2D eigenvalue weighted by Gasteiger charge is 2.31. The first kappa shape index (κ1) is 25.4. The van der Waals surface area contributed by atoms with Gasteiger partial charge in [0.25, 0.3) is 0 Å². The minimum Gasteiger partial charge on any atom is -0.497 e. The molecule has 9 heteroatoms. The van der Waals surface area contributed by atoms with Gasteiger partial charge >= 0.3 is 5.97 Å². The Morgan fingerprint density at radius 1 is 0.730 bits per heavy atom. The molecule has 4 rings (SSSR count). The number of ketones is 1. The molecule has 1 heterocycles. The van der Waals surface area contributed by atoms with Crippen molar-refractivity contribution < 1.29 is 42.7 Å². The maximum atomic E-state index is 13.2. The Kier molecular flexibility index (Phi) is 7.24. The molecule has 0 fully saturated rings. The van der Waals surface area contributed by atoms with Gasteiger partial charge in [-0.05, 0) is 42.8 Å². The smallest absolute Gasteiger partial charge is 0.343 e. The van der Waals surface area contributed by atoms with Gasteiger partial charge in [-0.1, -0.05) is 0 Å². The number of esters is 1. The molecule has 0 atom stereocenters. The van der Waals surface area contributed by atoms with Crippen molar-refractivity contribution in [3.8, 4) is 40.2 Å². The fourth-order valence-electron chi connectivity index (χ4n) is 3.93. The molecule has 0 spiro atoms. The largest absolute Gasteiger partial charge is 0.497 e. The van der Waals surface area contributed by atoms with Crippen molar-refractivity contribution in [2.24, 2.45) is 0 Å². The number of aryl methyl sites for hydroxylation is 1. The first-order chi connectivity index (χ1) is 17.8. The number of hydrogen-bond donors (Lipinski definition) is 0. The summed E-state index contributed by atoms with van der Waals surface area (Å²) < 4.78 is 38.0. The summed E-state index contributed by atoms with van der Waals surface area (Å²) in [5.41, 5.74) is 1.78. The summed E-state index contributed by atoms with van der Waals surface area (Å²) in [6, 6.07) is 11.2. The Labute approximate surface area is 214 Å². The lowest BCUT2D eigenvalue weighted by Crippen LogP contribution is -2.09. The molecule has 1 aliphatic heterocycles. The molecular formula is C28H26O9. The highest BCUT2D eigenvalue weighted by molar-refractivity contribution is 6.15. The zero-order chi connectivity index (χ0) is 26.7. The molecule has 0 aliphatic carbocycles. The molecule has 192 valence electrons. The highest BCUT2D eigenvalue weighted by Crippen LogP contribution is 2.40. The molecule has 0 N–H and O–H groups in total.